The lowest BCUT2D eigenvalue weighted by Crippen LogP contribution is -2.21. The van der Waals surface area contributed by atoms with Gasteiger partial charge >= 0.3 is 11.2 Å². The Morgan fingerprint density at radius 1 is 1.19 bits per heavy atom. The maximum absolute atomic E-state index is 12.4. The quantitative estimate of drug-likeness (QED) is 0.556. The number of anilines is 1. The first-order valence-electron chi connectivity index (χ1n) is 8.41. The maximum atomic E-state index is 12.4. The molecule has 1 aromatic carbocycles. The van der Waals surface area contributed by atoms with Crippen LogP contribution in [-0.2, 0) is 6.54 Å². The van der Waals surface area contributed by atoms with E-state index in [1.54, 1.807) is 24.3 Å². The molecule has 9 heteroatoms. The second-order valence-corrected chi connectivity index (χ2v) is 5.99. The van der Waals surface area contributed by atoms with Gasteiger partial charge in [0.15, 0.2) is 11.5 Å². The second kappa shape index (κ2) is 6.94. The molecule has 2 aromatic heterocycles. The van der Waals surface area contributed by atoms with Crippen LogP contribution in [0, 0.1) is 10.1 Å². The number of benzene rings is 1. The van der Waals surface area contributed by atoms with E-state index in [4.69, 9.17) is 9.47 Å². The smallest absolute Gasteiger partial charge is 0.376 e. The number of nitro groups is 1. The molecular formula is C18H16N4O5. The highest BCUT2D eigenvalue weighted by atomic mass is 16.6. The van der Waals surface area contributed by atoms with E-state index in [9.17, 15) is 14.9 Å². The predicted molar refractivity (Wildman–Crippen MR) is 97.5 cm³/mol. The Morgan fingerprint density at radius 2 is 2.00 bits per heavy atom. The number of pyridine rings is 1. The van der Waals surface area contributed by atoms with Crippen molar-refractivity contribution in [2.24, 2.45) is 0 Å². The van der Waals surface area contributed by atoms with Crippen LogP contribution in [-0.4, -0.2) is 27.5 Å². The molecule has 3 heterocycles. The molecule has 0 bridgehead atoms. The Bertz CT molecular complexity index is 1080. The molecular weight excluding hydrogens is 352 g/mol. The summed E-state index contributed by atoms with van der Waals surface area (Å²) in [6, 6.07) is 10.4. The van der Waals surface area contributed by atoms with E-state index in [0.29, 0.717) is 30.4 Å². The van der Waals surface area contributed by atoms with Gasteiger partial charge in [0.2, 0.25) is 5.82 Å². The summed E-state index contributed by atoms with van der Waals surface area (Å²) in [5.74, 6) is 1.24. The summed E-state index contributed by atoms with van der Waals surface area (Å²) < 4.78 is 12.4. The predicted octanol–water partition coefficient (Wildman–Crippen LogP) is 2.38. The molecule has 0 atom stereocenters. The van der Waals surface area contributed by atoms with Crippen LogP contribution in [0.3, 0.4) is 0 Å². The average molecular weight is 368 g/mol. The topological polar surface area (TPSA) is 108 Å². The number of aromatic nitrogens is 2. The highest BCUT2D eigenvalue weighted by molar-refractivity contribution is 5.60. The minimum absolute atomic E-state index is 0.0664. The Labute approximate surface area is 153 Å². The summed E-state index contributed by atoms with van der Waals surface area (Å²) in [6.45, 7) is 1.41. The Kier molecular flexibility index (Phi) is 4.33. The summed E-state index contributed by atoms with van der Waals surface area (Å²) in [6.07, 6.45) is 2.25. The van der Waals surface area contributed by atoms with E-state index < -0.39 is 16.2 Å². The highest BCUT2D eigenvalue weighted by Gasteiger charge is 2.23. The van der Waals surface area contributed by atoms with Crippen molar-refractivity contribution < 1.29 is 14.4 Å². The minimum atomic E-state index is -0.730. The molecule has 0 saturated carbocycles. The van der Waals surface area contributed by atoms with Crippen LogP contribution >= 0.6 is 0 Å². The molecule has 0 unspecified atom stereocenters. The Hall–Kier alpha value is -3.62. The van der Waals surface area contributed by atoms with Gasteiger partial charge < -0.3 is 14.8 Å². The van der Waals surface area contributed by atoms with Gasteiger partial charge in [-0.1, -0.05) is 12.1 Å². The molecule has 4 rings (SSSR count). The molecule has 1 aliphatic rings. The summed E-state index contributed by atoms with van der Waals surface area (Å²) in [4.78, 5) is 27.4. The van der Waals surface area contributed by atoms with Gasteiger partial charge in [0.1, 0.15) is 5.65 Å². The molecule has 3 aromatic rings. The fraction of sp³-hybridized carbons (Fsp3) is 0.222. The van der Waals surface area contributed by atoms with E-state index in [0.717, 1.165) is 16.4 Å². The third-order valence-electron chi connectivity index (χ3n) is 4.16. The van der Waals surface area contributed by atoms with Crippen molar-refractivity contribution >= 4 is 17.2 Å². The fourth-order valence-electron chi connectivity index (χ4n) is 2.87. The van der Waals surface area contributed by atoms with Gasteiger partial charge in [-0.3, -0.25) is 19.3 Å². The number of hydrogen-bond acceptors (Lipinski definition) is 7. The monoisotopic (exact) mass is 368 g/mol. The van der Waals surface area contributed by atoms with Crippen LogP contribution in [0.5, 0.6) is 11.5 Å². The van der Waals surface area contributed by atoms with Crippen LogP contribution in [0.2, 0.25) is 0 Å². The number of ether oxygens (including phenoxy) is 2. The lowest BCUT2D eigenvalue weighted by atomic mass is 10.2. The molecule has 0 fully saturated rings. The van der Waals surface area contributed by atoms with Gasteiger partial charge in [0, 0.05) is 19.2 Å². The van der Waals surface area contributed by atoms with Crippen LogP contribution in [0.1, 0.15) is 12.0 Å². The maximum Gasteiger partial charge on any atom is 0.376 e. The van der Waals surface area contributed by atoms with Gasteiger partial charge in [-0.25, -0.2) is 4.98 Å². The van der Waals surface area contributed by atoms with Gasteiger partial charge in [-0.05, 0) is 29.8 Å². The van der Waals surface area contributed by atoms with Crippen LogP contribution in [0.25, 0.3) is 5.65 Å². The number of fused-ring (bicyclic) bond motifs is 2. The number of nitrogens with one attached hydrogen (secondary N) is 1. The summed E-state index contributed by atoms with van der Waals surface area (Å²) in [5, 5.41) is 14.3. The highest BCUT2D eigenvalue weighted by Crippen LogP contribution is 2.30. The number of hydrogen-bond donors (Lipinski definition) is 1. The van der Waals surface area contributed by atoms with Crippen molar-refractivity contribution in [3.8, 4) is 11.5 Å². The first-order valence-corrected chi connectivity index (χ1v) is 8.41. The number of nitrogens with zero attached hydrogens (tertiary/aromatic N) is 3. The molecule has 0 saturated heterocycles. The van der Waals surface area contributed by atoms with Gasteiger partial charge in [0.05, 0.1) is 18.1 Å². The first-order chi connectivity index (χ1) is 13.1. The van der Waals surface area contributed by atoms with E-state index in [2.05, 4.69) is 10.3 Å². The molecule has 9 nitrogen and oxygen atoms in total. The average Bonchev–Trinajstić information content (AvgIpc) is 2.91. The van der Waals surface area contributed by atoms with Crippen LogP contribution in [0.15, 0.2) is 47.4 Å². The van der Waals surface area contributed by atoms with E-state index in [-0.39, 0.29) is 12.4 Å². The Morgan fingerprint density at radius 3 is 2.81 bits per heavy atom. The largest absolute Gasteiger partial charge is 0.490 e. The SMILES string of the molecule is O=c1c([N+](=O)[O-])c(NCc2ccc3c(c2)OCCCO3)nc2ccccn12. The van der Waals surface area contributed by atoms with E-state index in [1.807, 2.05) is 12.1 Å². The molecule has 0 aliphatic carbocycles. The normalized spacial score (nSPS) is 13.2. The molecule has 0 amide bonds. The molecule has 138 valence electrons. The summed E-state index contributed by atoms with van der Waals surface area (Å²) >= 11 is 0. The standard InChI is InChI=1S/C18H16N4O5/c23-18-16(22(24)25)17(20-15-4-1-2-7-21(15)18)19-11-12-5-6-13-14(10-12)27-9-3-8-26-13/h1-2,4-7,10,19H,3,8-9,11H2. The zero-order valence-electron chi connectivity index (χ0n) is 14.3. The fourth-order valence-corrected chi connectivity index (χ4v) is 2.87. The molecule has 27 heavy (non-hydrogen) atoms. The van der Waals surface area contributed by atoms with Crippen molar-refractivity contribution in [1.82, 2.24) is 9.38 Å². The third-order valence-corrected chi connectivity index (χ3v) is 4.16. The van der Waals surface area contributed by atoms with Crippen molar-refractivity contribution in [3.63, 3.8) is 0 Å². The van der Waals surface area contributed by atoms with E-state index >= 15 is 0 Å². The summed E-state index contributed by atoms with van der Waals surface area (Å²) in [5.41, 5.74) is -0.169. The zero-order chi connectivity index (χ0) is 18.8. The molecule has 0 radical (unpaired) electrons. The summed E-state index contributed by atoms with van der Waals surface area (Å²) in [7, 11) is 0. The lowest BCUT2D eigenvalue weighted by Gasteiger charge is -2.11. The van der Waals surface area contributed by atoms with Crippen molar-refractivity contribution in [2.45, 2.75) is 13.0 Å². The van der Waals surface area contributed by atoms with Gasteiger partial charge in [-0.15, -0.1) is 0 Å². The van der Waals surface area contributed by atoms with Gasteiger partial charge in [-0.2, -0.15) is 0 Å². The van der Waals surface area contributed by atoms with Gasteiger partial charge in [0.25, 0.3) is 0 Å². The molecule has 1 N–H and O–H groups in total. The zero-order valence-corrected chi connectivity index (χ0v) is 14.3. The molecule has 0 spiro atoms. The van der Waals surface area contributed by atoms with E-state index in [1.165, 1.54) is 6.20 Å². The first kappa shape index (κ1) is 16.8. The second-order valence-electron chi connectivity index (χ2n) is 5.99. The minimum Gasteiger partial charge on any atom is -0.490 e. The Balaban J connectivity index is 1.66. The lowest BCUT2D eigenvalue weighted by molar-refractivity contribution is -0.385. The number of rotatable bonds is 4. The van der Waals surface area contributed by atoms with Crippen LogP contribution < -0.4 is 20.3 Å². The van der Waals surface area contributed by atoms with Crippen LogP contribution in [0.4, 0.5) is 11.5 Å². The molecule has 1 aliphatic heterocycles. The van der Waals surface area contributed by atoms with Crippen molar-refractivity contribution in [1.29, 1.82) is 0 Å². The van der Waals surface area contributed by atoms with Crippen molar-refractivity contribution in [2.75, 3.05) is 18.5 Å². The third kappa shape index (κ3) is 3.26. The van der Waals surface area contributed by atoms with Crippen molar-refractivity contribution in [3.05, 3.63) is 68.6 Å².